The van der Waals surface area contributed by atoms with Crippen LogP contribution in [0.4, 0.5) is 11.6 Å². The van der Waals surface area contributed by atoms with Gasteiger partial charge in [0.2, 0.25) is 5.91 Å². The molecule has 0 bridgehead atoms. The van der Waals surface area contributed by atoms with Gasteiger partial charge in [-0.1, -0.05) is 20.8 Å². The van der Waals surface area contributed by atoms with Crippen LogP contribution in [-0.2, 0) is 10.2 Å². The van der Waals surface area contributed by atoms with E-state index in [2.05, 4.69) is 46.7 Å². The fourth-order valence-electron chi connectivity index (χ4n) is 1.74. The van der Waals surface area contributed by atoms with E-state index >= 15 is 0 Å². The summed E-state index contributed by atoms with van der Waals surface area (Å²) in [4.78, 5) is 20.9. The molecule has 0 radical (unpaired) electrons. The summed E-state index contributed by atoms with van der Waals surface area (Å²) in [5.74, 6) is 2.12. The van der Waals surface area contributed by atoms with E-state index in [4.69, 9.17) is 0 Å². The lowest BCUT2D eigenvalue weighted by Crippen LogP contribution is -2.37. The Balaban J connectivity index is 3.00. The molecule has 0 aliphatic carbocycles. The minimum absolute atomic E-state index is 0.0431. The molecule has 3 N–H and O–H groups in total. The van der Waals surface area contributed by atoms with Crippen molar-refractivity contribution >= 4 is 17.5 Å². The zero-order valence-corrected chi connectivity index (χ0v) is 13.9. The highest BCUT2D eigenvalue weighted by atomic mass is 16.2. The SMILES string of the molecule is CCNC(=O)C(C)Nc1cc(NCC)nc(C(C)(C)C)n1. The number of nitrogens with zero attached hydrogens (tertiary/aromatic N) is 2. The first-order valence-electron chi connectivity index (χ1n) is 7.45. The lowest BCUT2D eigenvalue weighted by Gasteiger charge is -2.20. The average molecular weight is 293 g/mol. The van der Waals surface area contributed by atoms with E-state index in [-0.39, 0.29) is 17.4 Å². The maximum Gasteiger partial charge on any atom is 0.242 e. The molecule has 1 rings (SSSR count). The zero-order valence-electron chi connectivity index (χ0n) is 13.9. The number of hydrogen-bond donors (Lipinski definition) is 3. The van der Waals surface area contributed by atoms with Crippen LogP contribution >= 0.6 is 0 Å². The number of amides is 1. The Kier molecular flexibility index (Phi) is 5.93. The molecule has 1 aromatic rings. The van der Waals surface area contributed by atoms with E-state index in [1.165, 1.54) is 0 Å². The molecule has 0 saturated carbocycles. The zero-order chi connectivity index (χ0) is 16.0. The molecule has 0 spiro atoms. The van der Waals surface area contributed by atoms with Crippen LogP contribution in [0.5, 0.6) is 0 Å². The monoisotopic (exact) mass is 293 g/mol. The highest BCUT2D eigenvalue weighted by Gasteiger charge is 2.20. The van der Waals surface area contributed by atoms with Gasteiger partial charge in [0.1, 0.15) is 23.5 Å². The van der Waals surface area contributed by atoms with E-state index in [0.717, 1.165) is 18.2 Å². The molecule has 6 heteroatoms. The molecule has 118 valence electrons. The van der Waals surface area contributed by atoms with Crippen LogP contribution in [-0.4, -0.2) is 35.0 Å². The third kappa shape index (κ3) is 5.21. The van der Waals surface area contributed by atoms with Gasteiger partial charge in [-0.15, -0.1) is 0 Å². The van der Waals surface area contributed by atoms with Crippen LogP contribution in [0.2, 0.25) is 0 Å². The van der Waals surface area contributed by atoms with Crippen LogP contribution in [0, 0.1) is 0 Å². The molecular weight excluding hydrogens is 266 g/mol. The lowest BCUT2D eigenvalue weighted by molar-refractivity contribution is -0.121. The fourth-order valence-corrected chi connectivity index (χ4v) is 1.74. The maximum atomic E-state index is 11.8. The third-order valence-electron chi connectivity index (χ3n) is 2.86. The van der Waals surface area contributed by atoms with E-state index in [1.54, 1.807) is 0 Å². The summed E-state index contributed by atoms with van der Waals surface area (Å²) in [6, 6.07) is 1.48. The van der Waals surface area contributed by atoms with Gasteiger partial charge in [0.15, 0.2) is 0 Å². The van der Waals surface area contributed by atoms with Crippen LogP contribution in [0.15, 0.2) is 6.07 Å². The second-order valence-electron chi connectivity index (χ2n) is 6.00. The number of carbonyl (C=O) groups is 1. The van der Waals surface area contributed by atoms with Gasteiger partial charge in [-0.05, 0) is 20.8 Å². The van der Waals surface area contributed by atoms with Gasteiger partial charge in [0.05, 0.1) is 0 Å². The Morgan fingerprint density at radius 1 is 1.19 bits per heavy atom. The van der Waals surface area contributed by atoms with Gasteiger partial charge in [-0.3, -0.25) is 4.79 Å². The third-order valence-corrected chi connectivity index (χ3v) is 2.86. The van der Waals surface area contributed by atoms with E-state index in [1.807, 2.05) is 26.8 Å². The second-order valence-corrected chi connectivity index (χ2v) is 6.00. The van der Waals surface area contributed by atoms with Gasteiger partial charge < -0.3 is 16.0 Å². The lowest BCUT2D eigenvalue weighted by atomic mass is 9.96. The molecule has 1 amide bonds. The molecule has 1 aromatic heterocycles. The Hall–Kier alpha value is -1.85. The van der Waals surface area contributed by atoms with Gasteiger partial charge in [-0.25, -0.2) is 9.97 Å². The first-order chi connectivity index (χ1) is 9.77. The smallest absolute Gasteiger partial charge is 0.242 e. The van der Waals surface area contributed by atoms with Gasteiger partial charge in [0.25, 0.3) is 0 Å². The molecule has 21 heavy (non-hydrogen) atoms. The first kappa shape index (κ1) is 17.2. The topological polar surface area (TPSA) is 78.9 Å². The van der Waals surface area contributed by atoms with Crippen molar-refractivity contribution in [3.8, 4) is 0 Å². The van der Waals surface area contributed by atoms with E-state index < -0.39 is 0 Å². The molecule has 1 atom stereocenters. The normalized spacial score (nSPS) is 12.7. The number of likely N-dealkylation sites (N-methyl/N-ethyl adjacent to an activating group) is 1. The van der Waals surface area contributed by atoms with Crippen molar-refractivity contribution < 1.29 is 4.79 Å². The molecule has 1 heterocycles. The summed E-state index contributed by atoms with van der Waals surface area (Å²) < 4.78 is 0. The summed E-state index contributed by atoms with van der Waals surface area (Å²) in [6.07, 6.45) is 0. The first-order valence-corrected chi connectivity index (χ1v) is 7.45. The Bertz CT molecular complexity index is 481. The van der Waals surface area contributed by atoms with Crippen molar-refractivity contribution in [1.82, 2.24) is 15.3 Å². The number of carbonyl (C=O) groups excluding carboxylic acids is 1. The number of aromatic nitrogens is 2. The number of nitrogens with one attached hydrogen (secondary N) is 3. The molecule has 0 aromatic carbocycles. The number of anilines is 2. The van der Waals surface area contributed by atoms with E-state index in [9.17, 15) is 4.79 Å². The van der Waals surface area contributed by atoms with Gasteiger partial charge in [-0.2, -0.15) is 0 Å². The van der Waals surface area contributed by atoms with Crippen molar-refractivity contribution in [2.45, 2.75) is 53.0 Å². The van der Waals surface area contributed by atoms with Crippen molar-refractivity contribution in [1.29, 1.82) is 0 Å². The fraction of sp³-hybridized carbons (Fsp3) is 0.667. The second kappa shape index (κ2) is 7.24. The van der Waals surface area contributed by atoms with E-state index in [0.29, 0.717) is 12.4 Å². The van der Waals surface area contributed by atoms with Crippen LogP contribution in [0.1, 0.15) is 47.4 Å². The van der Waals surface area contributed by atoms with Gasteiger partial charge in [0, 0.05) is 24.6 Å². The summed E-state index contributed by atoms with van der Waals surface area (Å²) in [5.41, 5.74) is -0.156. The Morgan fingerprint density at radius 2 is 1.81 bits per heavy atom. The molecular formula is C15H27N5O. The quantitative estimate of drug-likeness (QED) is 0.749. The molecule has 0 aliphatic heterocycles. The molecule has 1 unspecified atom stereocenters. The summed E-state index contributed by atoms with van der Waals surface area (Å²) >= 11 is 0. The van der Waals surface area contributed by atoms with Crippen molar-refractivity contribution in [2.75, 3.05) is 23.7 Å². The Labute approximate surface area is 127 Å². The van der Waals surface area contributed by atoms with Gasteiger partial charge >= 0.3 is 0 Å². The van der Waals surface area contributed by atoms with Crippen molar-refractivity contribution in [2.24, 2.45) is 0 Å². The number of hydrogen-bond acceptors (Lipinski definition) is 5. The number of rotatable bonds is 6. The predicted octanol–water partition coefficient (Wildman–Crippen LogP) is 2.14. The minimum Gasteiger partial charge on any atom is -0.370 e. The summed E-state index contributed by atoms with van der Waals surface area (Å²) in [7, 11) is 0. The van der Waals surface area contributed by atoms with Crippen LogP contribution in [0.3, 0.4) is 0 Å². The highest BCUT2D eigenvalue weighted by Crippen LogP contribution is 2.22. The summed E-state index contributed by atoms with van der Waals surface area (Å²) in [6.45, 7) is 13.3. The van der Waals surface area contributed by atoms with Crippen molar-refractivity contribution in [3.05, 3.63) is 11.9 Å². The molecule has 0 fully saturated rings. The predicted molar refractivity (Wildman–Crippen MR) is 86.7 cm³/mol. The van der Waals surface area contributed by atoms with Crippen LogP contribution < -0.4 is 16.0 Å². The largest absolute Gasteiger partial charge is 0.370 e. The summed E-state index contributed by atoms with van der Waals surface area (Å²) in [5, 5.41) is 9.12. The standard InChI is InChI=1S/C15H27N5O/c1-7-16-11-9-12(18-10(3)13(21)17-8-2)20-14(19-11)15(4,5)6/h9-10H,7-8H2,1-6H3,(H,17,21)(H2,16,18,19,20). The average Bonchev–Trinajstić information content (AvgIpc) is 2.38. The molecule has 0 saturated heterocycles. The van der Waals surface area contributed by atoms with Crippen LogP contribution in [0.25, 0.3) is 0 Å². The molecule has 6 nitrogen and oxygen atoms in total. The Morgan fingerprint density at radius 3 is 2.33 bits per heavy atom. The highest BCUT2D eigenvalue weighted by molar-refractivity contribution is 5.83. The maximum absolute atomic E-state index is 11.8. The molecule has 0 aliphatic rings. The van der Waals surface area contributed by atoms with Crippen molar-refractivity contribution in [3.63, 3.8) is 0 Å². The minimum atomic E-state index is -0.345.